The summed E-state index contributed by atoms with van der Waals surface area (Å²) in [7, 11) is 0. The third kappa shape index (κ3) is 3.42. The van der Waals surface area contributed by atoms with Gasteiger partial charge in [0, 0.05) is 22.4 Å². The predicted octanol–water partition coefficient (Wildman–Crippen LogP) is 3.58. The van der Waals surface area contributed by atoms with E-state index in [0.29, 0.717) is 18.7 Å². The van der Waals surface area contributed by atoms with Crippen LogP contribution in [-0.4, -0.2) is 18.4 Å². The van der Waals surface area contributed by atoms with E-state index in [1.807, 2.05) is 24.3 Å². The molecule has 0 spiro atoms. The minimum absolute atomic E-state index is 0.216. The van der Waals surface area contributed by atoms with Crippen LogP contribution in [0.15, 0.2) is 53.0 Å². The summed E-state index contributed by atoms with van der Waals surface area (Å²) in [6.45, 7) is 0.502. The van der Waals surface area contributed by atoms with Gasteiger partial charge in [0.2, 0.25) is 11.8 Å². The van der Waals surface area contributed by atoms with Gasteiger partial charge >= 0.3 is 0 Å². The molecule has 0 bridgehead atoms. The Bertz CT molecular complexity index is 731. The lowest BCUT2D eigenvalue weighted by Crippen LogP contribution is -2.33. The summed E-state index contributed by atoms with van der Waals surface area (Å²) in [5.74, 6) is -1.67. The second kappa shape index (κ2) is 6.50. The third-order valence-electron chi connectivity index (χ3n) is 3.77. The van der Waals surface area contributed by atoms with Crippen molar-refractivity contribution in [1.29, 1.82) is 0 Å². The van der Waals surface area contributed by atoms with E-state index in [9.17, 15) is 14.0 Å². The standard InChI is InChI=1S/C17H14BrFN2O2/c18-11-1-7-14(8-2-11)21-10-9-15(17(21)23)16(22)20-13-5-3-12(19)4-6-13/h1-8,15H,9-10H2,(H,20,22). The van der Waals surface area contributed by atoms with Crippen LogP contribution in [0.4, 0.5) is 15.8 Å². The van der Waals surface area contributed by atoms with Crippen molar-refractivity contribution < 1.29 is 14.0 Å². The molecule has 4 nitrogen and oxygen atoms in total. The van der Waals surface area contributed by atoms with Gasteiger partial charge in [0.1, 0.15) is 11.7 Å². The lowest BCUT2D eigenvalue weighted by Gasteiger charge is -2.17. The summed E-state index contributed by atoms with van der Waals surface area (Å²) in [4.78, 5) is 26.4. The van der Waals surface area contributed by atoms with Crippen LogP contribution in [-0.2, 0) is 9.59 Å². The molecule has 2 aromatic carbocycles. The monoisotopic (exact) mass is 376 g/mol. The van der Waals surface area contributed by atoms with Gasteiger partial charge in [-0.2, -0.15) is 0 Å². The predicted molar refractivity (Wildman–Crippen MR) is 89.6 cm³/mol. The number of hydrogen-bond acceptors (Lipinski definition) is 2. The van der Waals surface area contributed by atoms with Crippen molar-refractivity contribution in [3.05, 3.63) is 58.8 Å². The van der Waals surface area contributed by atoms with Crippen LogP contribution in [0.25, 0.3) is 0 Å². The van der Waals surface area contributed by atoms with Gasteiger partial charge in [-0.05, 0) is 55.0 Å². The topological polar surface area (TPSA) is 49.4 Å². The number of benzene rings is 2. The van der Waals surface area contributed by atoms with E-state index in [1.165, 1.54) is 24.3 Å². The molecule has 2 amide bonds. The first-order valence-corrected chi connectivity index (χ1v) is 7.97. The average molecular weight is 377 g/mol. The van der Waals surface area contributed by atoms with Gasteiger partial charge in [-0.3, -0.25) is 9.59 Å². The number of rotatable bonds is 3. The number of nitrogens with one attached hydrogen (secondary N) is 1. The van der Waals surface area contributed by atoms with Crippen molar-refractivity contribution in [3.63, 3.8) is 0 Å². The highest BCUT2D eigenvalue weighted by molar-refractivity contribution is 9.10. The largest absolute Gasteiger partial charge is 0.325 e. The Balaban J connectivity index is 1.69. The zero-order valence-corrected chi connectivity index (χ0v) is 13.7. The third-order valence-corrected chi connectivity index (χ3v) is 4.30. The van der Waals surface area contributed by atoms with Gasteiger partial charge in [0.15, 0.2) is 0 Å². The molecule has 118 valence electrons. The quantitative estimate of drug-likeness (QED) is 0.832. The Labute approximate surface area is 141 Å². The highest BCUT2D eigenvalue weighted by atomic mass is 79.9. The first kappa shape index (κ1) is 15.7. The number of carbonyl (C=O) groups excluding carboxylic acids is 2. The molecular formula is C17H14BrFN2O2. The molecule has 1 aliphatic heterocycles. The highest BCUT2D eigenvalue weighted by Crippen LogP contribution is 2.27. The maximum Gasteiger partial charge on any atom is 0.239 e. The Kier molecular flexibility index (Phi) is 4.43. The molecule has 2 aromatic rings. The normalized spacial score (nSPS) is 17.4. The number of amides is 2. The molecule has 0 aliphatic carbocycles. The van der Waals surface area contributed by atoms with Crippen molar-refractivity contribution in [2.75, 3.05) is 16.8 Å². The van der Waals surface area contributed by atoms with Crippen molar-refractivity contribution in [2.24, 2.45) is 5.92 Å². The molecule has 1 atom stereocenters. The zero-order valence-electron chi connectivity index (χ0n) is 12.1. The maximum atomic E-state index is 12.9. The Hall–Kier alpha value is -2.21. The number of halogens is 2. The van der Waals surface area contributed by atoms with E-state index in [0.717, 1.165) is 10.2 Å². The first-order chi connectivity index (χ1) is 11.0. The molecule has 1 N–H and O–H groups in total. The fourth-order valence-electron chi connectivity index (χ4n) is 2.56. The van der Waals surface area contributed by atoms with E-state index < -0.39 is 5.92 Å². The van der Waals surface area contributed by atoms with Crippen LogP contribution in [0.3, 0.4) is 0 Å². The second-order valence-electron chi connectivity index (χ2n) is 5.30. The molecule has 3 rings (SSSR count). The molecule has 1 heterocycles. The summed E-state index contributed by atoms with van der Waals surface area (Å²) in [5, 5.41) is 2.66. The fourth-order valence-corrected chi connectivity index (χ4v) is 2.83. The van der Waals surface area contributed by atoms with Gasteiger partial charge in [-0.15, -0.1) is 0 Å². The van der Waals surface area contributed by atoms with E-state index >= 15 is 0 Å². The molecule has 0 aromatic heterocycles. The van der Waals surface area contributed by atoms with Crippen molar-refractivity contribution >= 4 is 39.1 Å². The van der Waals surface area contributed by atoms with Gasteiger partial charge in [-0.1, -0.05) is 15.9 Å². The molecule has 1 fully saturated rings. The summed E-state index contributed by atoms with van der Waals surface area (Å²) in [5.41, 5.74) is 1.25. The SMILES string of the molecule is O=C(Nc1ccc(F)cc1)C1CCN(c2ccc(Br)cc2)C1=O. The van der Waals surface area contributed by atoms with E-state index in [-0.39, 0.29) is 17.6 Å². The first-order valence-electron chi connectivity index (χ1n) is 7.18. The number of hydrogen-bond donors (Lipinski definition) is 1. The molecule has 0 radical (unpaired) electrons. The van der Waals surface area contributed by atoms with Crippen LogP contribution < -0.4 is 10.2 Å². The molecule has 23 heavy (non-hydrogen) atoms. The molecule has 6 heteroatoms. The molecule has 1 aliphatic rings. The average Bonchev–Trinajstić information content (AvgIpc) is 2.92. The fraction of sp³-hybridized carbons (Fsp3) is 0.176. The van der Waals surface area contributed by atoms with Gasteiger partial charge in [-0.25, -0.2) is 4.39 Å². The smallest absolute Gasteiger partial charge is 0.239 e. The summed E-state index contributed by atoms with van der Waals surface area (Å²) >= 11 is 3.35. The van der Waals surface area contributed by atoms with E-state index in [4.69, 9.17) is 0 Å². The molecule has 0 saturated carbocycles. The lowest BCUT2D eigenvalue weighted by molar-refractivity contribution is -0.129. The van der Waals surface area contributed by atoms with Gasteiger partial charge in [0.25, 0.3) is 0 Å². The van der Waals surface area contributed by atoms with Gasteiger partial charge in [0.05, 0.1) is 0 Å². The van der Waals surface area contributed by atoms with Crippen LogP contribution in [0.1, 0.15) is 6.42 Å². The van der Waals surface area contributed by atoms with Crippen molar-refractivity contribution in [1.82, 2.24) is 0 Å². The summed E-state index contributed by atoms with van der Waals surface area (Å²) in [6.07, 6.45) is 0.460. The number of nitrogens with zero attached hydrogens (tertiary/aromatic N) is 1. The van der Waals surface area contributed by atoms with Crippen LogP contribution in [0, 0.1) is 11.7 Å². The number of anilines is 2. The van der Waals surface area contributed by atoms with Crippen LogP contribution in [0.2, 0.25) is 0 Å². The highest BCUT2D eigenvalue weighted by Gasteiger charge is 2.37. The van der Waals surface area contributed by atoms with Gasteiger partial charge < -0.3 is 10.2 Å². The van der Waals surface area contributed by atoms with E-state index in [1.54, 1.807) is 4.90 Å². The Morgan fingerprint density at radius 3 is 2.43 bits per heavy atom. The minimum atomic E-state index is -0.719. The molecule has 1 unspecified atom stereocenters. The van der Waals surface area contributed by atoms with Crippen LogP contribution in [0.5, 0.6) is 0 Å². The summed E-state index contributed by atoms with van der Waals surface area (Å²) < 4.78 is 13.8. The summed E-state index contributed by atoms with van der Waals surface area (Å²) in [6, 6.07) is 12.9. The van der Waals surface area contributed by atoms with Crippen molar-refractivity contribution in [2.45, 2.75) is 6.42 Å². The van der Waals surface area contributed by atoms with E-state index in [2.05, 4.69) is 21.2 Å². The Morgan fingerprint density at radius 2 is 1.78 bits per heavy atom. The van der Waals surface area contributed by atoms with Crippen LogP contribution >= 0.6 is 15.9 Å². The van der Waals surface area contributed by atoms with Crippen molar-refractivity contribution in [3.8, 4) is 0 Å². The molecule has 1 saturated heterocycles. The zero-order chi connectivity index (χ0) is 16.4. The second-order valence-corrected chi connectivity index (χ2v) is 6.22. The minimum Gasteiger partial charge on any atom is -0.325 e. The molecular weight excluding hydrogens is 363 g/mol. The number of carbonyl (C=O) groups is 2. The lowest BCUT2D eigenvalue weighted by atomic mass is 10.1. The Morgan fingerprint density at radius 1 is 1.13 bits per heavy atom. The maximum absolute atomic E-state index is 12.9.